The highest BCUT2D eigenvalue weighted by molar-refractivity contribution is 6.03. The summed E-state index contributed by atoms with van der Waals surface area (Å²) in [6.45, 7) is 4.63. The molecule has 10 heteroatoms. The summed E-state index contributed by atoms with van der Waals surface area (Å²) in [6.07, 6.45) is 18.7. The SMILES string of the molecule is CCCCCCC1(CCCCCC)c2cc(-c3ccc(-c4ccc(N(c5ccccc5)c5ccccc5)cc4)c4nn(-c5ccncc5)nc34)ccc2-c2ccc(-c3ccc(-c4ccc(N(c5ccccc5)c5ccccc5)cc4)c4nn(-c5ccncc5)nc34)cc21. The Morgan fingerprint density at radius 2 is 0.581 bits per heavy atom. The number of aromatic nitrogens is 8. The highest BCUT2D eigenvalue weighted by Crippen LogP contribution is 2.56. The van der Waals surface area contributed by atoms with E-state index in [0.29, 0.717) is 0 Å². The number of pyridine rings is 2. The summed E-state index contributed by atoms with van der Waals surface area (Å²) in [5, 5.41) is 21.4. The van der Waals surface area contributed by atoms with E-state index in [1.807, 2.05) is 24.3 Å². The van der Waals surface area contributed by atoms with Crippen LogP contribution < -0.4 is 9.80 Å². The van der Waals surface area contributed by atoms with Gasteiger partial charge in [-0.2, -0.15) is 9.59 Å². The van der Waals surface area contributed by atoms with Crippen molar-refractivity contribution in [3.63, 3.8) is 0 Å². The van der Waals surface area contributed by atoms with Crippen LogP contribution in [0.15, 0.2) is 280 Å². The number of rotatable bonds is 22. The van der Waals surface area contributed by atoms with Crippen molar-refractivity contribution in [2.45, 2.75) is 83.5 Å². The van der Waals surface area contributed by atoms with E-state index in [0.717, 1.165) is 138 Å². The van der Waals surface area contributed by atoms with Gasteiger partial charge in [0.05, 0.1) is 11.4 Å². The van der Waals surface area contributed by atoms with Gasteiger partial charge in [0.2, 0.25) is 0 Å². The zero-order chi connectivity index (χ0) is 62.5. The lowest BCUT2D eigenvalue weighted by atomic mass is 9.70. The summed E-state index contributed by atoms with van der Waals surface area (Å²) in [7, 11) is 0. The van der Waals surface area contributed by atoms with Crippen molar-refractivity contribution in [3.8, 4) is 67.0 Å². The second-order valence-corrected chi connectivity index (χ2v) is 24.4. The molecule has 93 heavy (non-hydrogen) atoms. The van der Waals surface area contributed by atoms with Gasteiger partial charge < -0.3 is 9.80 Å². The molecule has 1 aliphatic rings. The average molecular weight is 1210 g/mol. The third-order valence-electron chi connectivity index (χ3n) is 18.7. The maximum absolute atomic E-state index is 5.38. The van der Waals surface area contributed by atoms with Crippen molar-refractivity contribution >= 4 is 56.2 Å². The number of benzene rings is 10. The van der Waals surface area contributed by atoms with E-state index in [1.54, 1.807) is 34.4 Å². The predicted octanol–water partition coefficient (Wildman–Crippen LogP) is 21.8. The second-order valence-electron chi connectivity index (χ2n) is 24.4. The van der Waals surface area contributed by atoms with Crippen molar-refractivity contribution in [1.29, 1.82) is 0 Å². The molecule has 10 nitrogen and oxygen atoms in total. The number of nitrogens with zero attached hydrogens (tertiary/aromatic N) is 10. The molecule has 0 aliphatic heterocycles. The molecule has 0 bridgehead atoms. The molecule has 10 aromatic carbocycles. The van der Waals surface area contributed by atoms with Crippen molar-refractivity contribution < 1.29 is 0 Å². The summed E-state index contributed by atoms with van der Waals surface area (Å²) in [5.74, 6) is 0. The third kappa shape index (κ3) is 11.3. The second kappa shape index (κ2) is 26.0. The number of unbranched alkanes of at least 4 members (excludes halogenated alkanes) is 6. The fraction of sp³-hybridized carbons (Fsp3) is 0.157. The van der Waals surface area contributed by atoms with E-state index < -0.39 is 0 Å². The van der Waals surface area contributed by atoms with Crippen LogP contribution in [0.2, 0.25) is 0 Å². The summed E-state index contributed by atoms with van der Waals surface area (Å²) in [5.41, 5.74) is 25.3. The van der Waals surface area contributed by atoms with E-state index in [-0.39, 0.29) is 5.41 Å². The molecule has 0 fully saturated rings. The summed E-state index contributed by atoms with van der Waals surface area (Å²) in [6, 6.07) is 91.3. The molecule has 4 heterocycles. The van der Waals surface area contributed by atoms with Gasteiger partial charge in [0.15, 0.2) is 0 Å². The minimum atomic E-state index is -0.246. The van der Waals surface area contributed by atoms with E-state index in [2.05, 4.69) is 264 Å². The topological polar surface area (TPSA) is 93.7 Å². The van der Waals surface area contributed by atoms with Gasteiger partial charge in [-0.3, -0.25) is 9.97 Å². The van der Waals surface area contributed by atoms with Crippen molar-refractivity contribution in [2.24, 2.45) is 0 Å². The van der Waals surface area contributed by atoms with Crippen LogP contribution in [0.5, 0.6) is 0 Å². The van der Waals surface area contributed by atoms with Crippen LogP contribution >= 0.6 is 0 Å². The van der Waals surface area contributed by atoms with E-state index >= 15 is 0 Å². The van der Waals surface area contributed by atoms with Crippen LogP contribution in [0.1, 0.15) is 89.2 Å². The Kier molecular flexibility index (Phi) is 16.3. The van der Waals surface area contributed by atoms with Gasteiger partial charge in [-0.1, -0.05) is 211 Å². The Morgan fingerprint density at radius 3 is 0.903 bits per heavy atom. The first-order chi connectivity index (χ1) is 46.0. The van der Waals surface area contributed by atoms with E-state index in [9.17, 15) is 0 Å². The molecule has 14 aromatic rings. The fourth-order valence-corrected chi connectivity index (χ4v) is 14.1. The Balaban J connectivity index is 0.843. The molecule has 15 rings (SSSR count). The molecular weight excluding hydrogens is 1140 g/mol. The van der Waals surface area contributed by atoms with Crippen molar-refractivity contribution in [3.05, 3.63) is 291 Å². The quantitative estimate of drug-likeness (QED) is 0.0620. The van der Waals surface area contributed by atoms with Crippen LogP contribution in [0.25, 0.3) is 89.1 Å². The molecule has 0 radical (unpaired) electrons. The first-order valence-electron chi connectivity index (χ1n) is 33.0. The molecular formula is C83H72N10. The Labute approximate surface area is 544 Å². The molecule has 1 aliphatic carbocycles. The van der Waals surface area contributed by atoms with Gasteiger partial charge in [-0.25, -0.2) is 0 Å². The lowest BCUT2D eigenvalue weighted by Crippen LogP contribution is -2.25. The smallest absolute Gasteiger partial charge is 0.122 e. The molecule has 0 saturated carbocycles. The number of hydrogen-bond acceptors (Lipinski definition) is 8. The normalized spacial score (nSPS) is 12.3. The van der Waals surface area contributed by atoms with Gasteiger partial charge in [0, 0.05) is 86.6 Å². The van der Waals surface area contributed by atoms with Gasteiger partial charge >= 0.3 is 0 Å². The predicted molar refractivity (Wildman–Crippen MR) is 382 cm³/mol. The van der Waals surface area contributed by atoms with Crippen LogP contribution in [0.3, 0.4) is 0 Å². The van der Waals surface area contributed by atoms with Gasteiger partial charge in [-0.15, -0.1) is 20.4 Å². The van der Waals surface area contributed by atoms with E-state index in [4.69, 9.17) is 20.4 Å². The maximum Gasteiger partial charge on any atom is 0.122 e. The summed E-state index contributed by atoms with van der Waals surface area (Å²) in [4.78, 5) is 16.8. The lowest BCUT2D eigenvalue weighted by Gasteiger charge is -2.33. The van der Waals surface area contributed by atoms with Crippen LogP contribution in [0, 0.1) is 0 Å². The lowest BCUT2D eigenvalue weighted by molar-refractivity contribution is 0.401. The molecule has 0 atom stereocenters. The standard InChI is InChI=1S/C83H72N10/c1-3-5-7-21-51-83(52-22-8-6-4-2)77-57-61(73-45-43-71(79-81(73)88-92(86-79)69-47-53-84-54-48-69)59-31-37-67(38-32-59)90(63-23-13-9-14-24-63)64-25-15-10-16-26-64)35-41-75(77)76-42-36-62(58-78(76)83)74-46-44-72(80-82(74)89-93(87-80)70-49-55-85-56-50-70)60-33-39-68(40-34-60)91(65-27-17-11-18-28-65)66-29-19-12-20-30-66/h9-20,23-50,53-58H,3-8,21-22,51-52H2,1-2H3. The summed E-state index contributed by atoms with van der Waals surface area (Å²) >= 11 is 0. The van der Waals surface area contributed by atoms with Gasteiger partial charge in [0.25, 0.3) is 0 Å². The highest BCUT2D eigenvalue weighted by atomic mass is 15.5. The van der Waals surface area contributed by atoms with Crippen LogP contribution in [-0.4, -0.2) is 40.0 Å². The third-order valence-corrected chi connectivity index (χ3v) is 18.7. The molecule has 4 aromatic heterocycles. The Hall–Kier alpha value is -11.1. The molecule has 0 N–H and O–H groups in total. The summed E-state index contributed by atoms with van der Waals surface area (Å²) < 4.78 is 0. The largest absolute Gasteiger partial charge is 0.311 e. The van der Waals surface area contributed by atoms with Crippen LogP contribution in [0.4, 0.5) is 34.1 Å². The maximum atomic E-state index is 5.38. The number of fused-ring (bicyclic) bond motifs is 5. The van der Waals surface area contributed by atoms with Gasteiger partial charge in [-0.05, 0) is 167 Å². The van der Waals surface area contributed by atoms with E-state index in [1.165, 1.54) is 60.8 Å². The Morgan fingerprint density at radius 1 is 0.290 bits per heavy atom. The number of para-hydroxylation sites is 4. The molecule has 0 unspecified atom stereocenters. The average Bonchev–Trinajstić information content (AvgIpc) is 1.59. The zero-order valence-electron chi connectivity index (χ0n) is 52.6. The van der Waals surface area contributed by atoms with Gasteiger partial charge in [0.1, 0.15) is 22.1 Å². The minimum absolute atomic E-state index is 0.246. The number of hydrogen-bond donors (Lipinski definition) is 0. The highest BCUT2D eigenvalue weighted by Gasteiger charge is 2.43. The zero-order valence-corrected chi connectivity index (χ0v) is 52.6. The van der Waals surface area contributed by atoms with Crippen molar-refractivity contribution in [1.82, 2.24) is 40.0 Å². The Bertz CT molecular complexity index is 4470. The molecule has 0 saturated heterocycles. The fourth-order valence-electron chi connectivity index (χ4n) is 14.1. The molecule has 0 spiro atoms. The van der Waals surface area contributed by atoms with Crippen LogP contribution in [-0.2, 0) is 5.41 Å². The first-order valence-corrected chi connectivity index (χ1v) is 33.0. The molecule has 454 valence electrons. The minimum Gasteiger partial charge on any atom is -0.311 e. The monoisotopic (exact) mass is 1210 g/mol. The van der Waals surface area contributed by atoms with Crippen molar-refractivity contribution in [2.75, 3.05) is 9.80 Å². The number of anilines is 6. The molecule has 0 amide bonds. The first kappa shape index (κ1) is 58.3.